The maximum Gasteiger partial charge on any atom is 0.109 e. The van der Waals surface area contributed by atoms with Crippen LogP contribution in [-0.4, -0.2) is 19.3 Å². The third-order valence-corrected chi connectivity index (χ3v) is 2.29. The lowest BCUT2D eigenvalue weighted by atomic mass is 10.1. The first kappa shape index (κ1) is 7.87. The predicted molar refractivity (Wildman–Crippen MR) is 46.8 cm³/mol. The first-order chi connectivity index (χ1) is 5.95. The second kappa shape index (κ2) is 3.76. The summed E-state index contributed by atoms with van der Waals surface area (Å²) in [7, 11) is 0. The standard InChI is InChI=1S/C10H14O2/c1-3-9(8-11-5-1)7-10-4-2-6-12-10/h1,3,5,10H,2,4,6-8H2. The second-order valence-corrected chi connectivity index (χ2v) is 3.30. The molecule has 1 unspecified atom stereocenters. The van der Waals surface area contributed by atoms with Gasteiger partial charge in [0.1, 0.15) is 6.61 Å². The van der Waals surface area contributed by atoms with Crippen LogP contribution in [0.15, 0.2) is 24.0 Å². The number of hydrogen-bond acceptors (Lipinski definition) is 2. The molecule has 1 fully saturated rings. The van der Waals surface area contributed by atoms with Crippen molar-refractivity contribution in [3.05, 3.63) is 24.0 Å². The zero-order valence-electron chi connectivity index (χ0n) is 7.16. The Morgan fingerprint density at radius 1 is 1.50 bits per heavy atom. The van der Waals surface area contributed by atoms with Gasteiger partial charge in [0.25, 0.3) is 0 Å². The van der Waals surface area contributed by atoms with Gasteiger partial charge in [0.05, 0.1) is 12.4 Å². The fourth-order valence-electron chi connectivity index (χ4n) is 1.66. The van der Waals surface area contributed by atoms with Gasteiger partial charge in [0.2, 0.25) is 0 Å². The van der Waals surface area contributed by atoms with Crippen molar-refractivity contribution in [2.24, 2.45) is 0 Å². The molecular weight excluding hydrogens is 152 g/mol. The highest BCUT2D eigenvalue weighted by Gasteiger charge is 2.17. The molecule has 2 heteroatoms. The van der Waals surface area contributed by atoms with Gasteiger partial charge in [-0.3, -0.25) is 0 Å². The predicted octanol–water partition coefficient (Wildman–Crippen LogP) is 2.03. The minimum absolute atomic E-state index is 0.450. The fraction of sp³-hybridized carbons (Fsp3) is 0.600. The van der Waals surface area contributed by atoms with Gasteiger partial charge < -0.3 is 9.47 Å². The van der Waals surface area contributed by atoms with Crippen molar-refractivity contribution in [3.8, 4) is 0 Å². The Morgan fingerprint density at radius 2 is 2.50 bits per heavy atom. The van der Waals surface area contributed by atoms with E-state index in [1.54, 1.807) is 6.26 Å². The smallest absolute Gasteiger partial charge is 0.109 e. The third kappa shape index (κ3) is 1.89. The van der Waals surface area contributed by atoms with E-state index < -0.39 is 0 Å². The van der Waals surface area contributed by atoms with Crippen molar-refractivity contribution < 1.29 is 9.47 Å². The van der Waals surface area contributed by atoms with E-state index in [0.29, 0.717) is 6.10 Å². The summed E-state index contributed by atoms with van der Waals surface area (Å²) in [6.45, 7) is 1.69. The molecule has 2 heterocycles. The van der Waals surface area contributed by atoms with Crippen molar-refractivity contribution in [2.45, 2.75) is 25.4 Å². The van der Waals surface area contributed by atoms with Crippen molar-refractivity contribution in [2.75, 3.05) is 13.2 Å². The van der Waals surface area contributed by atoms with Crippen molar-refractivity contribution in [1.82, 2.24) is 0 Å². The molecule has 66 valence electrons. The molecule has 2 rings (SSSR count). The SMILES string of the molecule is C1=COCC(CC2CCCO2)=C1. The van der Waals surface area contributed by atoms with E-state index in [0.717, 1.165) is 19.6 Å². The number of hydrogen-bond donors (Lipinski definition) is 0. The molecule has 0 bridgehead atoms. The average molecular weight is 166 g/mol. The Hall–Kier alpha value is -0.760. The number of ether oxygens (including phenoxy) is 2. The topological polar surface area (TPSA) is 18.5 Å². The molecule has 0 saturated carbocycles. The fourth-order valence-corrected chi connectivity index (χ4v) is 1.66. The lowest BCUT2D eigenvalue weighted by Gasteiger charge is -2.14. The molecule has 0 aromatic rings. The highest BCUT2D eigenvalue weighted by molar-refractivity contribution is 5.15. The molecule has 1 atom stereocenters. The molecular formula is C10H14O2. The van der Waals surface area contributed by atoms with E-state index in [-0.39, 0.29) is 0 Å². The summed E-state index contributed by atoms with van der Waals surface area (Å²) in [6, 6.07) is 0. The highest BCUT2D eigenvalue weighted by Crippen LogP contribution is 2.20. The summed E-state index contributed by atoms with van der Waals surface area (Å²) in [5, 5.41) is 0. The van der Waals surface area contributed by atoms with Gasteiger partial charge in [-0.05, 0) is 30.9 Å². The van der Waals surface area contributed by atoms with Crippen molar-refractivity contribution in [3.63, 3.8) is 0 Å². The molecule has 0 aromatic heterocycles. The summed E-state index contributed by atoms with van der Waals surface area (Å²) in [4.78, 5) is 0. The molecule has 2 aliphatic heterocycles. The Bertz CT molecular complexity index is 200. The van der Waals surface area contributed by atoms with Crippen LogP contribution in [-0.2, 0) is 9.47 Å². The van der Waals surface area contributed by atoms with Crippen LogP contribution >= 0.6 is 0 Å². The van der Waals surface area contributed by atoms with E-state index in [4.69, 9.17) is 9.47 Å². The molecule has 12 heavy (non-hydrogen) atoms. The highest BCUT2D eigenvalue weighted by atomic mass is 16.5. The monoisotopic (exact) mass is 166 g/mol. The van der Waals surface area contributed by atoms with Crippen LogP contribution in [0.3, 0.4) is 0 Å². The second-order valence-electron chi connectivity index (χ2n) is 3.30. The van der Waals surface area contributed by atoms with E-state index in [1.165, 1.54) is 18.4 Å². The molecule has 0 aromatic carbocycles. The van der Waals surface area contributed by atoms with E-state index in [2.05, 4.69) is 6.08 Å². The van der Waals surface area contributed by atoms with Gasteiger partial charge in [0, 0.05) is 6.61 Å². The number of rotatable bonds is 2. The summed E-state index contributed by atoms with van der Waals surface area (Å²) in [5.74, 6) is 0. The molecule has 0 radical (unpaired) electrons. The summed E-state index contributed by atoms with van der Waals surface area (Å²) in [6.07, 6.45) is 9.74. The van der Waals surface area contributed by atoms with Gasteiger partial charge in [-0.25, -0.2) is 0 Å². The van der Waals surface area contributed by atoms with Crippen LogP contribution in [0.4, 0.5) is 0 Å². The van der Waals surface area contributed by atoms with Crippen LogP contribution in [0, 0.1) is 0 Å². The van der Waals surface area contributed by atoms with Crippen molar-refractivity contribution in [1.29, 1.82) is 0 Å². The molecule has 0 N–H and O–H groups in total. The molecule has 1 saturated heterocycles. The van der Waals surface area contributed by atoms with Crippen LogP contribution in [0.1, 0.15) is 19.3 Å². The van der Waals surface area contributed by atoms with Crippen molar-refractivity contribution >= 4 is 0 Å². The summed E-state index contributed by atoms with van der Waals surface area (Å²) in [5.41, 5.74) is 1.35. The third-order valence-electron chi connectivity index (χ3n) is 2.29. The van der Waals surface area contributed by atoms with Gasteiger partial charge in [-0.1, -0.05) is 6.08 Å². The quantitative estimate of drug-likeness (QED) is 0.625. The average Bonchev–Trinajstić information content (AvgIpc) is 2.59. The Labute approximate surface area is 72.9 Å². The molecule has 2 nitrogen and oxygen atoms in total. The van der Waals surface area contributed by atoms with E-state index in [9.17, 15) is 0 Å². The lowest BCUT2D eigenvalue weighted by molar-refractivity contribution is 0.108. The van der Waals surface area contributed by atoms with E-state index in [1.807, 2.05) is 6.08 Å². The van der Waals surface area contributed by atoms with E-state index >= 15 is 0 Å². The van der Waals surface area contributed by atoms with Gasteiger partial charge in [-0.2, -0.15) is 0 Å². The lowest BCUT2D eigenvalue weighted by Crippen LogP contribution is -2.09. The van der Waals surface area contributed by atoms with Gasteiger partial charge in [-0.15, -0.1) is 0 Å². The summed E-state index contributed by atoms with van der Waals surface area (Å²) >= 11 is 0. The molecule has 0 aliphatic carbocycles. The first-order valence-corrected chi connectivity index (χ1v) is 4.53. The maximum absolute atomic E-state index is 5.54. The number of allylic oxidation sites excluding steroid dienone is 2. The zero-order chi connectivity index (χ0) is 8.23. The summed E-state index contributed by atoms with van der Waals surface area (Å²) < 4.78 is 10.7. The minimum Gasteiger partial charge on any atom is -0.497 e. The molecule has 0 spiro atoms. The van der Waals surface area contributed by atoms with Crippen LogP contribution in [0.2, 0.25) is 0 Å². The zero-order valence-corrected chi connectivity index (χ0v) is 7.16. The molecule has 0 amide bonds. The van der Waals surface area contributed by atoms with Crippen LogP contribution in [0.25, 0.3) is 0 Å². The van der Waals surface area contributed by atoms with Gasteiger partial charge in [0.15, 0.2) is 0 Å². The van der Waals surface area contributed by atoms with Crippen LogP contribution < -0.4 is 0 Å². The first-order valence-electron chi connectivity index (χ1n) is 4.53. The Kier molecular flexibility index (Phi) is 2.47. The normalized spacial score (nSPS) is 28.3. The van der Waals surface area contributed by atoms with Gasteiger partial charge >= 0.3 is 0 Å². The Morgan fingerprint density at radius 3 is 3.17 bits per heavy atom. The largest absolute Gasteiger partial charge is 0.497 e. The molecule has 2 aliphatic rings. The Balaban J connectivity index is 1.84. The van der Waals surface area contributed by atoms with Crippen LogP contribution in [0.5, 0.6) is 0 Å². The maximum atomic E-state index is 5.54. The minimum atomic E-state index is 0.450.